The van der Waals surface area contributed by atoms with E-state index in [2.05, 4.69) is 20.8 Å². The minimum absolute atomic E-state index is 0.0387. The van der Waals surface area contributed by atoms with E-state index in [4.69, 9.17) is 17.3 Å². The number of hydrogen-bond acceptors (Lipinski definition) is 8. The Morgan fingerprint density at radius 1 is 1.30 bits per heavy atom. The number of anilines is 1. The van der Waals surface area contributed by atoms with E-state index >= 15 is 0 Å². The Kier molecular flexibility index (Phi) is 6.28. The van der Waals surface area contributed by atoms with Gasteiger partial charge in [0.2, 0.25) is 17.0 Å². The van der Waals surface area contributed by atoms with E-state index in [-0.39, 0.29) is 17.0 Å². The first-order valence-electron chi connectivity index (χ1n) is 8.32. The van der Waals surface area contributed by atoms with Gasteiger partial charge in [-0.2, -0.15) is 4.68 Å². The number of carbonyl (C=O) groups excluding carboxylic acids is 2. The molecule has 2 amide bonds. The Morgan fingerprint density at radius 3 is 2.73 bits per heavy atom. The van der Waals surface area contributed by atoms with Crippen LogP contribution in [0.2, 0.25) is 5.02 Å². The van der Waals surface area contributed by atoms with Crippen LogP contribution >= 0.6 is 23.4 Å². The summed E-state index contributed by atoms with van der Waals surface area (Å²) in [7, 11) is 0. The van der Waals surface area contributed by atoms with Crippen LogP contribution in [0.15, 0.2) is 41.6 Å². The van der Waals surface area contributed by atoms with Gasteiger partial charge in [0.15, 0.2) is 0 Å². The summed E-state index contributed by atoms with van der Waals surface area (Å²) in [6.45, 7) is 1.89. The Labute approximate surface area is 178 Å². The van der Waals surface area contributed by atoms with Crippen LogP contribution in [0.5, 0.6) is 0 Å². The number of nitro benzene ring substituents is 1. The van der Waals surface area contributed by atoms with Crippen molar-refractivity contribution in [3.8, 4) is 5.69 Å². The lowest BCUT2D eigenvalue weighted by molar-refractivity contribution is -0.384. The second kappa shape index (κ2) is 8.88. The molecule has 0 radical (unpaired) electrons. The molecule has 0 aliphatic carbocycles. The van der Waals surface area contributed by atoms with Crippen molar-refractivity contribution in [2.24, 2.45) is 5.73 Å². The second-order valence-corrected chi connectivity index (χ2v) is 7.37. The summed E-state index contributed by atoms with van der Waals surface area (Å²) in [6.07, 6.45) is 0. The average molecular weight is 448 g/mol. The van der Waals surface area contributed by atoms with Gasteiger partial charge in [0.1, 0.15) is 5.69 Å². The fourth-order valence-corrected chi connectivity index (χ4v) is 3.46. The number of nitrogens with two attached hydrogens (primary N) is 1. The van der Waals surface area contributed by atoms with Crippen LogP contribution in [0.4, 0.5) is 11.4 Å². The Bertz CT molecular complexity index is 1150. The van der Waals surface area contributed by atoms with E-state index in [0.29, 0.717) is 15.9 Å². The highest BCUT2D eigenvalue weighted by Gasteiger charge is 2.19. The van der Waals surface area contributed by atoms with E-state index in [0.717, 1.165) is 23.4 Å². The first kappa shape index (κ1) is 21.2. The molecule has 1 heterocycles. The van der Waals surface area contributed by atoms with Crippen LogP contribution in [0.3, 0.4) is 0 Å². The maximum atomic E-state index is 12.3. The predicted octanol–water partition coefficient (Wildman–Crippen LogP) is 2.36. The average Bonchev–Trinajstić information content (AvgIpc) is 3.14. The van der Waals surface area contributed by atoms with Gasteiger partial charge in [-0.05, 0) is 47.2 Å². The highest BCUT2D eigenvalue weighted by Crippen LogP contribution is 2.27. The highest BCUT2D eigenvalue weighted by molar-refractivity contribution is 7.99. The Morgan fingerprint density at radius 2 is 2.07 bits per heavy atom. The lowest BCUT2D eigenvalue weighted by Crippen LogP contribution is -2.17. The maximum Gasteiger partial charge on any atom is 0.293 e. The summed E-state index contributed by atoms with van der Waals surface area (Å²) in [6, 6.07) is 8.90. The molecule has 3 rings (SSSR count). The molecule has 154 valence electrons. The largest absolute Gasteiger partial charge is 0.366 e. The van der Waals surface area contributed by atoms with Gasteiger partial charge >= 0.3 is 0 Å². The molecule has 0 saturated carbocycles. The number of nitro groups is 1. The van der Waals surface area contributed by atoms with Crippen molar-refractivity contribution in [1.29, 1.82) is 0 Å². The number of halogens is 1. The number of rotatable bonds is 7. The summed E-state index contributed by atoms with van der Waals surface area (Å²) in [5.41, 5.74) is 6.11. The van der Waals surface area contributed by atoms with Crippen molar-refractivity contribution in [3.05, 3.63) is 62.7 Å². The van der Waals surface area contributed by atoms with Gasteiger partial charge in [-0.3, -0.25) is 19.7 Å². The van der Waals surface area contributed by atoms with Crippen LogP contribution in [0.25, 0.3) is 5.69 Å². The number of primary amides is 1. The first-order valence-corrected chi connectivity index (χ1v) is 9.68. The number of aryl methyl sites for hydroxylation is 1. The van der Waals surface area contributed by atoms with Gasteiger partial charge in [-0.15, -0.1) is 5.10 Å². The predicted molar refractivity (Wildman–Crippen MR) is 110 cm³/mol. The SMILES string of the molecule is Cc1ccc(-n2nnnc2SCC(=O)Nc2ccc(C(N)=O)cc2[N+](=O)[O-])c(Cl)c1. The molecular weight excluding hydrogens is 434 g/mol. The van der Waals surface area contributed by atoms with Gasteiger partial charge in [-0.1, -0.05) is 29.4 Å². The molecule has 0 saturated heterocycles. The normalized spacial score (nSPS) is 10.6. The molecule has 0 bridgehead atoms. The molecule has 0 aliphatic heterocycles. The van der Waals surface area contributed by atoms with Crippen LogP contribution < -0.4 is 11.1 Å². The summed E-state index contributed by atoms with van der Waals surface area (Å²) in [5.74, 6) is -1.47. The molecule has 0 fully saturated rings. The number of benzene rings is 2. The molecule has 0 unspecified atom stereocenters. The Hall–Kier alpha value is -3.51. The molecule has 13 heteroatoms. The zero-order valence-electron chi connectivity index (χ0n) is 15.4. The number of hydrogen-bond donors (Lipinski definition) is 2. The van der Waals surface area contributed by atoms with Crippen molar-refractivity contribution in [1.82, 2.24) is 20.2 Å². The third-order valence-corrected chi connectivity index (χ3v) is 5.08. The molecule has 3 N–H and O–H groups in total. The van der Waals surface area contributed by atoms with Gasteiger partial charge in [0, 0.05) is 11.6 Å². The summed E-state index contributed by atoms with van der Waals surface area (Å²) < 4.78 is 1.39. The third-order valence-electron chi connectivity index (χ3n) is 3.86. The number of nitrogens with one attached hydrogen (secondary N) is 1. The molecule has 3 aromatic rings. The van der Waals surface area contributed by atoms with E-state index in [9.17, 15) is 19.7 Å². The van der Waals surface area contributed by atoms with E-state index in [1.54, 1.807) is 12.1 Å². The van der Waals surface area contributed by atoms with E-state index in [1.807, 2.05) is 13.0 Å². The minimum Gasteiger partial charge on any atom is -0.366 e. The lowest BCUT2D eigenvalue weighted by Gasteiger charge is -2.08. The van der Waals surface area contributed by atoms with Gasteiger partial charge in [0.25, 0.3) is 5.69 Å². The molecule has 0 aliphatic rings. The lowest BCUT2D eigenvalue weighted by atomic mass is 10.1. The van der Waals surface area contributed by atoms with Crippen LogP contribution in [0.1, 0.15) is 15.9 Å². The fraction of sp³-hybridized carbons (Fsp3) is 0.118. The smallest absolute Gasteiger partial charge is 0.293 e. The molecular formula is C17H14ClN7O4S. The molecule has 11 nitrogen and oxygen atoms in total. The molecule has 2 aromatic carbocycles. The zero-order valence-corrected chi connectivity index (χ0v) is 17.0. The summed E-state index contributed by atoms with van der Waals surface area (Å²) in [5, 5.41) is 25.8. The molecule has 30 heavy (non-hydrogen) atoms. The monoisotopic (exact) mass is 447 g/mol. The van der Waals surface area contributed by atoms with Crippen LogP contribution in [-0.4, -0.2) is 42.7 Å². The maximum absolute atomic E-state index is 12.3. The highest BCUT2D eigenvalue weighted by atomic mass is 35.5. The third kappa shape index (κ3) is 4.72. The second-order valence-electron chi connectivity index (χ2n) is 6.02. The van der Waals surface area contributed by atoms with Crippen molar-refractivity contribution < 1.29 is 14.5 Å². The number of tetrazole rings is 1. The number of nitrogens with zero attached hydrogens (tertiary/aromatic N) is 5. The van der Waals surface area contributed by atoms with E-state index < -0.39 is 22.4 Å². The van der Waals surface area contributed by atoms with Gasteiger partial charge in [0.05, 0.1) is 21.4 Å². The van der Waals surface area contributed by atoms with Crippen LogP contribution in [0, 0.1) is 17.0 Å². The first-order chi connectivity index (χ1) is 14.3. The number of carbonyl (C=O) groups is 2. The van der Waals surface area contributed by atoms with Crippen molar-refractivity contribution in [3.63, 3.8) is 0 Å². The van der Waals surface area contributed by atoms with Crippen molar-refractivity contribution in [2.45, 2.75) is 12.1 Å². The fourth-order valence-electron chi connectivity index (χ4n) is 2.46. The van der Waals surface area contributed by atoms with Gasteiger partial charge < -0.3 is 11.1 Å². The minimum atomic E-state index is -0.812. The van der Waals surface area contributed by atoms with Gasteiger partial charge in [-0.25, -0.2) is 0 Å². The van der Waals surface area contributed by atoms with Crippen molar-refractivity contribution in [2.75, 3.05) is 11.1 Å². The molecule has 1 aromatic heterocycles. The van der Waals surface area contributed by atoms with Crippen LogP contribution in [-0.2, 0) is 4.79 Å². The molecule has 0 spiro atoms. The molecule has 0 atom stereocenters. The summed E-state index contributed by atoms with van der Waals surface area (Å²) in [4.78, 5) is 34.0. The standard InChI is InChI=1S/C17H14ClN7O4S/c1-9-2-5-13(11(18)6-9)24-17(21-22-23-24)30-8-15(26)20-12-4-3-10(16(19)27)7-14(12)25(28)29/h2-7H,8H2,1H3,(H2,19,27)(H,20,26). The number of aromatic nitrogens is 4. The summed E-state index contributed by atoms with van der Waals surface area (Å²) >= 11 is 7.27. The topological polar surface area (TPSA) is 159 Å². The Balaban J connectivity index is 1.73. The van der Waals surface area contributed by atoms with E-state index in [1.165, 1.54) is 16.8 Å². The van der Waals surface area contributed by atoms with Crippen molar-refractivity contribution >= 4 is 46.6 Å². The quantitative estimate of drug-likeness (QED) is 0.317. The zero-order chi connectivity index (χ0) is 21.8. The number of thioether (sulfide) groups is 1. The number of amides is 2.